The average molecular weight is 507 g/mol. The maximum absolute atomic E-state index is 14.1. The number of nitrogens with zero attached hydrogens (tertiary/aromatic N) is 1. The minimum absolute atomic E-state index is 0.0758. The highest BCUT2D eigenvalue weighted by molar-refractivity contribution is 14.1. The highest BCUT2D eigenvalue weighted by atomic mass is 127. The zero-order valence-electron chi connectivity index (χ0n) is 15.4. The molecular formula is C21H19FIN3O3. The van der Waals surface area contributed by atoms with Crippen LogP contribution in [0.25, 0.3) is 0 Å². The number of phenols is 1. The maximum Gasteiger partial charge on any atom is 0.253 e. The Kier molecular flexibility index (Phi) is 7.23. The summed E-state index contributed by atoms with van der Waals surface area (Å²) in [6.07, 6.45) is 3.54. The van der Waals surface area contributed by atoms with E-state index in [0.717, 1.165) is 3.57 Å². The number of pyridine rings is 1. The van der Waals surface area contributed by atoms with Crippen LogP contribution >= 0.6 is 22.6 Å². The predicted molar refractivity (Wildman–Crippen MR) is 117 cm³/mol. The molecule has 2 aromatic carbocycles. The molecule has 0 aliphatic heterocycles. The van der Waals surface area contributed by atoms with Crippen molar-refractivity contribution in [1.29, 1.82) is 0 Å². The molecule has 0 aliphatic rings. The number of anilines is 2. The minimum atomic E-state index is -0.409. The van der Waals surface area contributed by atoms with Crippen LogP contribution in [-0.2, 0) is 0 Å². The van der Waals surface area contributed by atoms with Crippen LogP contribution < -0.4 is 15.4 Å². The maximum atomic E-state index is 14.1. The summed E-state index contributed by atoms with van der Waals surface area (Å²) >= 11 is 2.03. The molecule has 0 atom stereocenters. The van der Waals surface area contributed by atoms with Crippen molar-refractivity contribution in [2.75, 3.05) is 18.5 Å². The van der Waals surface area contributed by atoms with Gasteiger partial charge in [0.2, 0.25) is 0 Å². The minimum Gasteiger partial charge on any atom is -0.504 e. The number of aromatic hydroxyl groups is 1. The first-order valence-electron chi connectivity index (χ1n) is 8.89. The van der Waals surface area contributed by atoms with Crippen molar-refractivity contribution in [1.82, 2.24) is 10.3 Å². The van der Waals surface area contributed by atoms with Crippen molar-refractivity contribution < 1.29 is 19.0 Å². The number of amides is 1. The number of nitrogens with one attached hydrogen (secondary N) is 2. The summed E-state index contributed by atoms with van der Waals surface area (Å²) in [5.41, 5.74) is 1.04. The SMILES string of the molecule is O=C(NCCCOc1ccccc1O)c1ccncc1Nc1ccc(I)cc1F. The number of carbonyl (C=O) groups excluding carboxylic acids is 1. The molecule has 1 heterocycles. The molecule has 0 aliphatic carbocycles. The van der Waals surface area contributed by atoms with Gasteiger partial charge in [0.05, 0.1) is 29.7 Å². The van der Waals surface area contributed by atoms with Gasteiger partial charge in [-0.3, -0.25) is 9.78 Å². The van der Waals surface area contributed by atoms with E-state index in [4.69, 9.17) is 4.74 Å². The molecular weight excluding hydrogens is 488 g/mol. The fourth-order valence-electron chi connectivity index (χ4n) is 2.56. The Morgan fingerprint density at radius 1 is 1.17 bits per heavy atom. The van der Waals surface area contributed by atoms with Gasteiger partial charge in [-0.1, -0.05) is 12.1 Å². The Labute approximate surface area is 181 Å². The van der Waals surface area contributed by atoms with Crippen LogP contribution in [0.3, 0.4) is 0 Å². The molecule has 0 bridgehead atoms. The van der Waals surface area contributed by atoms with E-state index >= 15 is 0 Å². The second-order valence-electron chi connectivity index (χ2n) is 6.10. The molecule has 0 saturated carbocycles. The summed E-state index contributed by atoms with van der Waals surface area (Å²) < 4.78 is 20.4. The van der Waals surface area contributed by atoms with Gasteiger partial charge >= 0.3 is 0 Å². The highest BCUT2D eigenvalue weighted by Crippen LogP contribution is 2.25. The molecule has 3 aromatic rings. The van der Waals surface area contributed by atoms with Gasteiger partial charge in [-0.25, -0.2) is 4.39 Å². The van der Waals surface area contributed by atoms with Crippen LogP contribution in [0.4, 0.5) is 15.8 Å². The van der Waals surface area contributed by atoms with Gasteiger partial charge in [-0.15, -0.1) is 0 Å². The average Bonchev–Trinajstić information content (AvgIpc) is 2.71. The van der Waals surface area contributed by atoms with Gasteiger partial charge in [0, 0.05) is 16.3 Å². The summed E-state index contributed by atoms with van der Waals surface area (Å²) in [6, 6.07) is 13.1. The second kappa shape index (κ2) is 10.1. The number of aromatic nitrogens is 1. The van der Waals surface area contributed by atoms with E-state index in [1.54, 1.807) is 42.5 Å². The molecule has 3 rings (SSSR count). The Morgan fingerprint density at radius 3 is 2.79 bits per heavy atom. The van der Waals surface area contributed by atoms with Crippen LogP contribution in [0.5, 0.6) is 11.5 Å². The van der Waals surface area contributed by atoms with Crippen molar-refractivity contribution in [3.8, 4) is 11.5 Å². The number of rotatable bonds is 8. The van der Waals surface area contributed by atoms with Crippen molar-refractivity contribution in [3.63, 3.8) is 0 Å². The summed E-state index contributed by atoms with van der Waals surface area (Å²) in [5.74, 6) is -0.234. The number of carbonyl (C=O) groups is 1. The fraction of sp³-hybridized carbons (Fsp3) is 0.143. The molecule has 0 saturated heterocycles. The molecule has 1 aromatic heterocycles. The van der Waals surface area contributed by atoms with Crippen molar-refractivity contribution in [2.24, 2.45) is 0 Å². The molecule has 0 spiro atoms. The van der Waals surface area contributed by atoms with Crippen molar-refractivity contribution >= 4 is 39.9 Å². The van der Waals surface area contributed by atoms with E-state index < -0.39 is 5.82 Å². The van der Waals surface area contributed by atoms with Crippen LogP contribution in [0.15, 0.2) is 60.9 Å². The second-order valence-corrected chi connectivity index (χ2v) is 7.34. The monoisotopic (exact) mass is 507 g/mol. The number of phenolic OH excluding ortho intramolecular Hbond substituents is 1. The summed E-state index contributed by atoms with van der Waals surface area (Å²) in [7, 11) is 0. The normalized spacial score (nSPS) is 10.4. The van der Waals surface area contributed by atoms with Gasteiger partial charge in [0.25, 0.3) is 5.91 Å². The smallest absolute Gasteiger partial charge is 0.253 e. The third-order valence-electron chi connectivity index (χ3n) is 4.00. The summed E-state index contributed by atoms with van der Waals surface area (Å²) in [6.45, 7) is 0.721. The van der Waals surface area contributed by atoms with Crippen molar-refractivity contribution in [3.05, 3.63) is 75.9 Å². The number of para-hydroxylation sites is 2. The van der Waals surface area contributed by atoms with E-state index in [1.165, 1.54) is 18.5 Å². The number of hydrogen-bond donors (Lipinski definition) is 3. The number of hydrogen-bond acceptors (Lipinski definition) is 5. The summed E-state index contributed by atoms with van der Waals surface area (Å²) in [4.78, 5) is 16.5. The van der Waals surface area contributed by atoms with Gasteiger partial charge in [-0.05, 0) is 65.4 Å². The molecule has 6 nitrogen and oxygen atoms in total. The first-order valence-corrected chi connectivity index (χ1v) is 9.97. The first kappa shape index (κ1) is 20.8. The molecule has 3 N–H and O–H groups in total. The van der Waals surface area contributed by atoms with Crippen LogP contribution in [0, 0.1) is 9.39 Å². The lowest BCUT2D eigenvalue weighted by Gasteiger charge is -2.13. The van der Waals surface area contributed by atoms with Gasteiger partial charge in [-0.2, -0.15) is 0 Å². The molecule has 29 heavy (non-hydrogen) atoms. The van der Waals surface area contributed by atoms with E-state index in [1.807, 2.05) is 22.6 Å². The van der Waals surface area contributed by atoms with E-state index in [9.17, 15) is 14.3 Å². The van der Waals surface area contributed by atoms with Gasteiger partial charge < -0.3 is 20.5 Å². The Hall–Kier alpha value is -2.88. The van der Waals surface area contributed by atoms with E-state index in [-0.39, 0.29) is 17.3 Å². The highest BCUT2D eigenvalue weighted by Gasteiger charge is 2.13. The van der Waals surface area contributed by atoms with Gasteiger partial charge in [0.1, 0.15) is 5.82 Å². The predicted octanol–water partition coefficient (Wildman–Crippen LogP) is 4.47. The summed E-state index contributed by atoms with van der Waals surface area (Å²) in [5, 5.41) is 15.4. The largest absolute Gasteiger partial charge is 0.504 e. The van der Waals surface area contributed by atoms with E-state index in [2.05, 4.69) is 15.6 Å². The Balaban J connectivity index is 1.55. The molecule has 0 radical (unpaired) electrons. The third kappa shape index (κ3) is 5.80. The van der Waals surface area contributed by atoms with Crippen LogP contribution in [0.1, 0.15) is 16.8 Å². The standard InChI is InChI=1S/C21H19FIN3O3/c22-16-12-14(23)6-7-17(16)26-18-13-24-10-8-15(18)21(28)25-9-3-11-29-20-5-2-1-4-19(20)27/h1-2,4-8,10,12-13,26-27H,3,9,11H2,(H,25,28). The van der Waals surface area contributed by atoms with E-state index in [0.29, 0.717) is 36.6 Å². The Bertz CT molecular complexity index is 1000. The molecule has 150 valence electrons. The zero-order chi connectivity index (χ0) is 20.6. The molecule has 0 fully saturated rings. The molecule has 1 amide bonds. The number of halogens is 2. The van der Waals surface area contributed by atoms with Crippen LogP contribution in [0.2, 0.25) is 0 Å². The number of benzene rings is 2. The first-order chi connectivity index (χ1) is 14.0. The zero-order valence-corrected chi connectivity index (χ0v) is 17.5. The fourth-order valence-corrected chi connectivity index (χ4v) is 3.01. The Morgan fingerprint density at radius 2 is 2.00 bits per heavy atom. The lowest BCUT2D eigenvalue weighted by molar-refractivity contribution is 0.0952. The number of ether oxygens (including phenoxy) is 1. The quantitative estimate of drug-likeness (QED) is 0.310. The molecule has 0 unspecified atom stereocenters. The lowest BCUT2D eigenvalue weighted by atomic mass is 10.2. The molecule has 8 heteroatoms. The van der Waals surface area contributed by atoms with Crippen molar-refractivity contribution in [2.45, 2.75) is 6.42 Å². The van der Waals surface area contributed by atoms with Crippen LogP contribution in [-0.4, -0.2) is 29.1 Å². The third-order valence-corrected chi connectivity index (χ3v) is 4.67. The topological polar surface area (TPSA) is 83.5 Å². The lowest BCUT2D eigenvalue weighted by Crippen LogP contribution is -2.26. The van der Waals surface area contributed by atoms with Gasteiger partial charge in [0.15, 0.2) is 11.5 Å².